The lowest BCUT2D eigenvalue weighted by atomic mass is 10.0. The van der Waals surface area contributed by atoms with Crippen molar-refractivity contribution >= 4 is 39.5 Å². The fourth-order valence-electron chi connectivity index (χ4n) is 12.6. The van der Waals surface area contributed by atoms with Crippen LogP contribution >= 0.6 is 15.6 Å². The number of carbonyl (C=O) groups excluding carboxylic acids is 4. The van der Waals surface area contributed by atoms with Gasteiger partial charge in [0.05, 0.1) is 26.4 Å². The molecule has 0 aliphatic carbocycles. The minimum atomic E-state index is -4.96. The molecule has 0 aliphatic heterocycles. The molecule has 19 heteroatoms. The lowest BCUT2D eigenvalue weighted by Gasteiger charge is -2.21. The number of hydrogen-bond donors (Lipinski definition) is 3. The van der Waals surface area contributed by atoms with E-state index in [4.69, 9.17) is 37.0 Å². The van der Waals surface area contributed by atoms with E-state index in [2.05, 4.69) is 34.6 Å². The van der Waals surface area contributed by atoms with E-state index >= 15 is 0 Å². The van der Waals surface area contributed by atoms with Crippen molar-refractivity contribution in [3.05, 3.63) is 0 Å². The first-order valence-corrected chi connectivity index (χ1v) is 45.1. The molecular formula is C81H158O17P2. The van der Waals surface area contributed by atoms with Crippen molar-refractivity contribution in [2.45, 2.75) is 451 Å². The summed E-state index contributed by atoms with van der Waals surface area (Å²) < 4.78 is 68.7. The molecule has 0 saturated carbocycles. The van der Waals surface area contributed by atoms with Crippen LogP contribution in [0.3, 0.4) is 0 Å². The van der Waals surface area contributed by atoms with Gasteiger partial charge in [0.1, 0.15) is 19.3 Å². The van der Waals surface area contributed by atoms with Crippen molar-refractivity contribution < 1.29 is 80.2 Å². The Labute approximate surface area is 613 Å². The molecule has 0 heterocycles. The summed E-state index contributed by atoms with van der Waals surface area (Å²) in [6.45, 7) is 7.28. The van der Waals surface area contributed by atoms with E-state index < -0.39 is 97.5 Å². The van der Waals surface area contributed by atoms with E-state index in [1.54, 1.807) is 0 Å². The zero-order valence-corrected chi connectivity index (χ0v) is 67.1. The Morgan fingerprint density at radius 1 is 0.270 bits per heavy atom. The second-order valence-electron chi connectivity index (χ2n) is 29.6. The van der Waals surface area contributed by atoms with Crippen LogP contribution in [0.25, 0.3) is 0 Å². The fraction of sp³-hybridized carbons (Fsp3) is 0.951. The smallest absolute Gasteiger partial charge is 0.462 e. The highest BCUT2D eigenvalue weighted by Gasteiger charge is 2.30. The third-order valence-electron chi connectivity index (χ3n) is 19.0. The van der Waals surface area contributed by atoms with Gasteiger partial charge in [-0.1, -0.05) is 381 Å². The summed E-state index contributed by atoms with van der Waals surface area (Å²) in [5, 5.41) is 10.6. The Kier molecular flexibility index (Phi) is 72.5. The number of rotatable bonds is 81. The number of phosphoric acid groups is 2. The molecule has 0 amide bonds. The maximum Gasteiger partial charge on any atom is 0.472 e. The number of esters is 4. The first kappa shape index (κ1) is 98.1. The van der Waals surface area contributed by atoms with Crippen molar-refractivity contribution in [1.29, 1.82) is 0 Å². The van der Waals surface area contributed by atoms with Gasteiger partial charge in [0.15, 0.2) is 12.2 Å². The minimum Gasteiger partial charge on any atom is -0.462 e. The first-order valence-electron chi connectivity index (χ1n) is 42.1. The molecule has 5 atom stereocenters. The lowest BCUT2D eigenvalue weighted by Crippen LogP contribution is -2.30. The van der Waals surface area contributed by atoms with Crippen LogP contribution in [0.2, 0.25) is 0 Å². The molecule has 0 aromatic rings. The van der Waals surface area contributed by atoms with Crippen molar-refractivity contribution in [1.82, 2.24) is 0 Å². The first-order chi connectivity index (χ1) is 48.5. The lowest BCUT2D eigenvalue weighted by molar-refractivity contribution is -0.161. The predicted molar refractivity (Wildman–Crippen MR) is 409 cm³/mol. The Bertz CT molecular complexity index is 1910. The van der Waals surface area contributed by atoms with Crippen molar-refractivity contribution in [3.63, 3.8) is 0 Å². The molecule has 594 valence electrons. The van der Waals surface area contributed by atoms with E-state index in [9.17, 15) is 43.2 Å². The molecule has 2 unspecified atom stereocenters. The Hall–Kier alpha value is -1.94. The third-order valence-corrected chi connectivity index (χ3v) is 20.9. The SMILES string of the molecule is CCCCCCCCCCCCCCCCCCCCC(=O)O[C@H](COC(=O)CCCCCCCCCCCCCCCCCC)COP(=O)(O)OC[C@@H](O)COP(=O)(O)OC[C@@H](COC(=O)CCCCCCCCCC(C)C)OC(=O)CCCCCCCCCCCCCCCCCC. The second-order valence-corrected chi connectivity index (χ2v) is 32.5. The van der Waals surface area contributed by atoms with E-state index in [1.807, 2.05) is 0 Å². The Balaban J connectivity index is 5.24. The van der Waals surface area contributed by atoms with E-state index in [1.165, 1.54) is 250 Å². The van der Waals surface area contributed by atoms with E-state index in [0.717, 1.165) is 96.3 Å². The molecule has 0 aliphatic rings. The molecule has 0 spiro atoms. The van der Waals surface area contributed by atoms with Crippen LogP contribution in [0.15, 0.2) is 0 Å². The topological polar surface area (TPSA) is 237 Å². The summed E-state index contributed by atoms with van der Waals surface area (Å²) >= 11 is 0. The molecule has 0 bridgehead atoms. The summed E-state index contributed by atoms with van der Waals surface area (Å²) in [6.07, 6.45) is 65.2. The maximum absolute atomic E-state index is 13.1. The molecule has 0 aromatic heterocycles. The average Bonchev–Trinajstić information content (AvgIpc) is 0.915. The summed E-state index contributed by atoms with van der Waals surface area (Å²) in [4.78, 5) is 73.0. The molecule has 0 rings (SSSR count). The fourth-order valence-corrected chi connectivity index (χ4v) is 14.2. The van der Waals surface area contributed by atoms with Gasteiger partial charge >= 0.3 is 39.5 Å². The maximum atomic E-state index is 13.1. The van der Waals surface area contributed by atoms with E-state index in [0.29, 0.717) is 31.6 Å². The van der Waals surface area contributed by atoms with Crippen LogP contribution in [0.1, 0.15) is 433 Å². The number of unbranched alkanes of at least 4 members (excludes halogenated alkanes) is 53. The normalized spacial score (nSPS) is 13.8. The number of phosphoric ester groups is 2. The van der Waals surface area contributed by atoms with Gasteiger partial charge in [-0.3, -0.25) is 37.3 Å². The van der Waals surface area contributed by atoms with Crippen LogP contribution in [-0.4, -0.2) is 96.7 Å². The van der Waals surface area contributed by atoms with Crippen molar-refractivity contribution in [2.24, 2.45) is 5.92 Å². The molecule has 0 saturated heterocycles. The Morgan fingerprint density at radius 3 is 0.680 bits per heavy atom. The molecule has 100 heavy (non-hydrogen) atoms. The van der Waals surface area contributed by atoms with Crippen molar-refractivity contribution in [2.75, 3.05) is 39.6 Å². The number of aliphatic hydroxyl groups is 1. The van der Waals surface area contributed by atoms with Gasteiger partial charge in [-0.05, 0) is 31.6 Å². The molecule has 0 fully saturated rings. The molecule has 3 N–H and O–H groups in total. The number of carbonyl (C=O) groups is 4. The summed E-state index contributed by atoms with van der Waals surface area (Å²) in [5.41, 5.74) is 0. The number of hydrogen-bond acceptors (Lipinski definition) is 15. The van der Waals surface area contributed by atoms with Gasteiger partial charge in [-0.2, -0.15) is 0 Å². The van der Waals surface area contributed by atoms with Gasteiger partial charge in [-0.25, -0.2) is 9.13 Å². The molecular weight excluding hydrogens is 1310 g/mol. The average molecular weight is 1470 g/mol. The minimum absolute atomic E-state index is 0.108. The summed E-state index contributed by atoms with van der Waals surface area (Å²) in [5.74, 6) is -1.40. The molecule has 0 radical (unpaired) electrons. The second kappa shape index (κ2) is 73.9. The van der Waals surface area contributed by atoms with Crippen LogP contribution in [0, 0.1) is 5.92 Å². The zero-order valence-electron chi connectivity index (χ0n) is 65.3. The highest BCUT2D eigenvalue weighted by Crippen LogP contribution is 2.45. The standard InChI is InChI=1S/C81H158O17P2/c1-6-9-12-15-18-21-24-27-30-33-34-37-40-43-46-51-57-62-66-80(85)97-76(70-91-78(83)64-59-54-49-44-41-38-35-31-28-25-22-19-16-13-10-7-2)72-95-99(87,88)93-68-75(82)69-94-100(89,90)96-73-77(71-92-79(84)65-60-55-52-47-48-53-58-63-74(4)5)98-81(86)67-61-56-50-45-42-39-36-32-29-26-23-20-17-14-11-8-3/h74-77,82H,6-73H2,1-5H3,(H,87,88)(H,89,90)/t75-,76-,77-/m1/s1. The van der Waals surface area contributed by atoms with Crippen LogP contribution in [0.4, 0.5) is 0 Å². The van der Waals surface area contributed by atoms with Gasteiger partial charge in [0, 0.05) is 25.7 Å². The monoisotopic (exact) mass is 1470 g/mol. The van der Waals surface area contributed by atoms with E-state index in [-0.39, 0.29) is 25.7 Å². The molecule has 0 aromatic carbocycles. The quantitative estimate of drug-likeness (QED) is 0.0222. The summed E-state index contributed by atoms with van der Waals surface area (Å²) in [6, 6.07) is 0. The van der Waals surface area contributed by atoms with Gasteiger partial charge in [-0.15, -0.1) is 0 Å². The van der Waals surface area contributed by atoms with Gasteiger partial charge in [0.2, 0.25) is 0 Å². The highest BCUT2D eigenvalue weighted by molar-refractivity contribution is 7.47. The number of ether oxygens (including phenoxy) is 4. The molecule has 17 nitrogen and oxygen atoms in total. The highest BCUT2D eigenvalue weighted by atomic mass is 31.2. The van der Waals surface area contributed by atoms with Gasteiger partial charge in [0.25, 0.3) is 0 Å². The van der Waals surface area contributed by atoms with Crippen LogP contribution in [-0.2, 0) is 65.4 Å². The largest absolute Gasteiger partial charge is 0.472 e. The predicted octanol–water partition coefficient (Wildman–Crippen LogP) is 24.4. The van der Waals surface area contributed by atoms with Gasteiger partial charge < -0.3 is 33.8 Å². The van der Waals surface area contributed by atoms with Crippen molar-refractivity contribution in [3.8, 4) is 0 Å². The number of aliphatic hydroxyl groups excluding tert-OH is 1. The Morgan fingerprint density at radius 2 is 0.460 bits per heavy atom. The third kappa shape index (κ3) is 74.3. The van der Waals surface area contributed by atoms with Crippen LogP contribution < -0.4 is 0 Å². The summed E-state index contributed by atoms with van der Waals surface area (Å²) in [7, 11) is -9.92. The zero-order chi connectivity index (χ0) is 73.4. The van der Waals surface area contributed by atoms with Crippen LogP contribution in [0.5, 0.6) is 0 Å².